The normalized spacial score (nSPS) is 18.8. The molecule has 0 saturated carbocycles. The van der Waals surface area contributed by atoms with Crippen molar-refractivity contribution in [1.29, 1.82) is 0 Å². The lowest BCUT2D eigenvalue weighted by atomic mass is 9.97. The molecule has 0 aromatic heterocycles. The summed E-state index contributed by atoms with van der Waals surface area (Å²) in [6, 6.07) is 7.27. The van der Waals surface area contributed by atoms with E-state index in [0.29, 0.717) is 31.6 Å². The summed E-state index contributed by atoms with van der Waals surface area (Å²) >= 11 is 0. The SMILES string of the molecule is C[C@@H](OC(=O)C1CCN(C(N)=O)CC1)C(=O)Nc1ccc(N2CCCCC2)cc1. The third kappa shape index (κ3) is 5.62. The van der Waals surface area contributed by atoms with Crippen LogP contribution in [0.4, 0.5) is 16.2 Å². The number of carbonyl (C=O) groups is 3. The Morgan fingerprint density at radius 3 is 2.24 bits per heavy atom. The van der Waals surface area contributed by atoms with Crippen molar-refractivity contribution in [2.24, 2.45) is 11.7 Å². The fourth-order valence-electron chi connectivity index (χ4n) is 3.81. The monoisotopic (exact) mass is 402 g/mol. The maximum absolute atomic E-state index is 12.4. The zero-order chi connectivity index (χ0) is 20.8. The Bertz CT molecular complexity index is 723. The van der Waals surface area contributed by atoms with Crippen LogP contribution in [0.5, 0.6) is 0 Å². The minimum atomic E-state index is -0.890. The van der Waals surface area contributed by atoms with Gasteiger partial charge in [0.15, 0.2) is 6.10 Å². The van der Waals surface area contributed by atoms with E-state index in [4.69, 9.17) is 10.5 Å². The van der Waals surface area contributed by atoms with E-state index in [1.807, 2.05) is 24.3 Å². The van der Waals surface area contributed by atoms with Crippen molar-refractivity contribution < 1.29 is 19.1 Å². The van der Waals surface area contributed by atoms with Crippen LogP contribution in [-0.4, -0.2) is 55.1 Å². The topological polar surface area (TPSA) is 105 Å². The van der Waals surface area contributed by atoms with Crippen molar-refractivity contribution in [3.8, 4) is 0 Å². The number of piperidine rings is 2. The molecule has 3 N–H and O–H groups in total. The van der Waals surface area contributed by atoms with Gasteiger partial charge in [-0.2, -0.15) is 0 Å². The molecule has 29 heavy (non-hydrogen) atoms. The summed E-state index contributed by atoms with van der Waals surface area (Å²) in [5, 5.41) is 2.80. The molecule has 2 saturated heterocycles. The van der Waals surface area contributed by atoms with Crippen molar-refractivity contribution in [3.05, 3.63) is 24.3 Å². The van der Waals surface area contributed by atoms with Gasteiger partial charge in [0.2, 0.25) is 0 Å². The van der Waals surface area contributed by atoms with Gasteiger partial charge in [-0.3, -0.25) is 9.59 Å². The Hall–Kier alpha value is -2.77. The fraction of sp³-hybridized carbons (Fsp3) is 0.571. The second-order valence-electron chi connectivity index (χ2n) is 7.76. The van der Waals surface area contributed by atoms with Gasteiger partial charge in [-0.25, -0.2) is 4.79 Å². The van der Waals surface area contributed by atoms with Gasteiger partial charge in [0.05, 0.1) is 5.92 Å². The Morgan fingerprint density at radius 2 is 1.66 bits per heavy atom. The summed E-state index contributed by atoms with van der Waals surface area (Å²) < 4.78 is 5.34. The summed E-state index contributed by atoms with van der Waals surface area (Å²) in [7, 11) is 0. The molecule has 0 radical (unpaired) electrons. The Labute approximate surface area is 171 Å². The van der Waals surface area contributed by atoms with E-state index in [1.165, 1.54) is 24.2 Å². The molecule has 2 aliphatic heterocycles. The third-order valence-electron chi connectivity index (χ3n) is 5.66. The van der Waals surface area contributed by atoms with E-state index >= 15 is 0 Å². The average Bonchev–Trinajstić information content (AvgIpc) is 2.74. The summed E-state index contributed by atoms with van der Waals surface area (Å²) in [5.74, 6) is -1.08. The first kappa shape index (κ1) is 21.0. The number of anilines is 2. The van der Waals surface area contributed by atoms with E-state index in [0.717, 1.165) is 18.8 Å². The predicted octanol–water partition coefficient (Wildman–Crippen LogP) is 2.34. The van der Waals surface area contributed by atoms with Gasteiger partial charge in [-0.15, -0.1) is 0 Å². The van der Waals surface area contributed by atoms with Crippen LogP contribution in [0.1, 0.15) is 39.0 Å². The molecule has 0 aliphatic carbocycles. The van der Waals surface area contributed by atoms with Gasteiger partial charge in [0.25, 0.3) is 5.91 Å². The number of amides is 3. The number of primary amides is 1. The summed E-state index contributed by atoms with van der Waals surface area (Å²) in [4.78, 5) is 39.7. The molecule has 8 nitrogen and oxygen atoms in total. The van der Waals surface area contributed by atoms with Crippen LogP contribution < -0.4 is 16.0 Å². The summed E-state index contributed by atoms with van der Waals surface area (Å²) in [6.07, 6.45) is 3.80. The number of benzene rings is 1. The van der Waals surface area contributed by atoms with Gasteiger partial charge in [0.1, 0.15) is 0 Å². The lowest BCUT2D eigenvalue weighted by molar-refractivity contribution is -0.158. The smallest absolute Gasteiger partial charge is 0.314 e. The molecule has 1 atom stereocenters. The summed E-state index contributed by atoms with van der Waals surface area (Å²) in [5.41, 5.74) is 7.08. The van der Waals surface area contributed by atoms with Gasteiger partial charge < -0.3 is 25.6 Å². The first-order chi connectivity index (χ1) is 13.9. The quantitative estimate of drug-likeness (QED) is 0.736. The molecule has 158 valence electrons. The van der Waals surface area contributed by atoms with Crippen molar-refractivity contribution in [3.63, 3.8) is 0 Å². The van der Waals surface area contributed by atoms with Crippen LogP contribution in [0.15, 0.2) is 24.3 Å². The Balaban J connectivity index is 1.46. The van der Waals surface area contributed by atoms with E-state index in [-0.39, 0.29) is 11.8 Å². The molecule has 3 rings (SSSR count). The van der Waals surface area contributed by atoms with Crippen LogP contribution in [0.2, 0.25) is 0 Å². The van der Waals surface area contributed by atoms with Crippen LogP contribution in [-0.2, 0) is 14.3 Å². The lowest BCUT2D eigenvalue weighted by Gasteiger charge is -2.30. The minimum Gasteiger partial charge on any atom is -0.452 e. The zero-order valence-corrected chi connectivity index (χ0v) is 16.9. The molecule has 0 spiro atoms. The molecular weight excluding hydrogens is 372 g/mol. The molecule has 2 aliphatic rings. The van der Waals surface area contributed by atoms with Crippen molar-refractivity contribution in [2.75, 3.05) is 36.4 Å². The number of hydrogen-bond acceptors (Lipinski definition) is 5. The van der Waals surface area contributed by atoms with Crippen LogP contribution in [0.25, 0.3) is 0 Å². The van der Waals surface area contributed by atoms with E-state index < -0.39 is 18.1 Å². The zero-order valence-electron chi connectivity index (χ0n) is 16.9. The molecule has 1 aromatic carbocycles. The molecule has 2 heterocycles. The number of esters is 1. The number of hydrogen-bond donors (Lipinski definition) is 2. The number of nitrogens with one attached hydrogen (secondary N) is 1. The van der Waals surface area contributed by atoms with Crippen LogP contribution in [0.3, 0.4) is 0 Å². The van der Waals surface area contributed by atoms with Crippen LogP contribution in [0, 0.1) is 5.92 Å². The van der Waals surface area contributed by atoms with Gasteiger partial charge in [0, 0.05) is 37.6 Å². The number of ether oxygens (including phenoxy) is 1. The highest BCUT2D eigenvalue weighted by Gasteiger charge is 2.29. The van der Waals surface area contributed by atoms with E-state index in [1.54, 1.807) is 6.92 Å². The van der Waals surface area contributed by atoms with Gasteiger partial charge in [-0.05, 0) is 63.3 Å². The maximum atomic E-state index is 12.4. The molecular formula is C21H30N4O4. The minimum absolute atomic E-state index is 0.315. The lowest BCUT2D eigenvalue weighted by Crippen LogP contribution is -2.44. The Kier molecular flexibility index (Phi) is 6.95. The van der Waals surface area contributed by atoms with Gasteiger partial charge in [-0.1, -0.05) is 0 Å². The molecule has 2 fully saturated rings. The standard InChI is InChI=1S/C21H30N4O4/c1-15(29-20(27)16-9-13-25(14-10-16)21(22)28)19(26)23-17-5-7-18(8-6-17)24-11-3-2-4-12-24/h5-8,15-16H,2-4,9-14H2,1H3,(H2,22,28)(H,23,26)/t15-/m1/s1. The molecule has 0 unspecified atom stereocenters. The molecule has 0 bridgehead atoms. The number of likely N-dealkylation sites (tertiary alicyclic amines) is 1. The molecule has 1 aromatic rings. The van der Waals surface area contributed by atoms with Crippen molar-refractivity contribution >= 4 is 29.3 Å². The Morgan fingerprint density at radius 1 is 1.03 bits per heavy atom. The predicted molar refractivity (Wildman–Crippen MR) is 111 cm³/mol. The van der Waals surface area contributed by atoms with E-state index in [2.05, 4.69) is 10.2 Å². The largest absolute Gasteiger partial charge is 0.452 e. The summed E-state index contributed by atoms with van der Waals surface area (Å²) in [6.45, 7) is 4.56. The van der Waals surface area contributed by atoms with Crippen LogP contribution >= 0.6 is 0 Å². The third-order valence-corrected chi connectivity index (χ3v) is 5.66. The fourth-order valence-corrected chi connectivity index (χ4v) is 3.81. The van der Waals surface area contributed by atoms with Crippen molar-refractivity contribution in [1.82, 2.24) is 4.90 Å². The van der Waals surface area contributed by atoms with Gasteiger partial charge >= 0.3 is 12.0 Å². The average molecular weight is 402 g/mol. The molecule has 3 amide bonds. The highest BCUT2D eigenvalue weighted by atomic mass is 16.5. The van der Waals surface area contributed by atoms with E-state index in [9.17, 15) is 14.4 Å². The highest BCUT2D eigenvalue weighted by Crippen LogP contribution is 2.22. The number of carbonyl (C=O) groups excluding carboxylic acids is 3. The number of rotatable bonds is 5. The second kappa shape index (κ2) is 9.62. The second-order valence-corrected chi connectivity index (χ2v) is 7.76. The first-order valence-electron chi connectivity index (χ1n) is 10.3. The maximum Gasteiger partial charge on any atom is 0.314 e. The first-order valence-corrected chi connectivity index (χ1v) is 10.3. The van der Waals surface area contributed by atoms with Crippen molar-refractivity contribution in [2.45, 2.75) is 45.1 Å². The number of nitrogens with zero attached hydrogens (tertiary/aromatic N) is 2. The molecule has 8 heteroatoms. The number of urea groups is 1. The highest BCUT2D eigenvalue weighted by molar-refractivity contribution is 5.95. The number of nitrogens with two attached hydrogens (primary N) is 1.